The SMILES string of the molecule is CCCCc1[nH]c(=O)c(S(=O)(=O)c2ccc(-c3cccnc3C)cc2)c(O)c1N(CC)c1ccccc1. The van der Waals surface area contributed by atoms with E-state index >= 15 is 0 Å². The molecule has 0 saturated heterocycles. The van der Waals surface area contributed by atoms with Crippen LogP contribution in [-0.4, -0.2) is 30.0 Å². The number of aromatic hydroxyl groups is 1. The number of sulfone groups is 1. The number of hydrogen-bond donors (Lipinski definition) is 2. The van der Waals surface area contributed by atoms with Crippen molar-refractivity contribution in [2.45, 2.75) is 49.8 Å². The number of H-pyrrole nitrogens is 1. The van der Waals surface area contributed by atoms with E-state index in [1.807, 2.05) is 68.1 Å². The molecule has 0 aliphatic heterocycles. The molecule has 0 atom stereocenters. The van der Waals surface area contributed by atoms with Gasteiger partial charge >= 0.3 is 0 Å². The Labute approximate surface area is 217 Å². The van der Waals surface area contributed by atoms with Gasteiger partial charge in [0.15, 0.2) is 10.6 Å². The first kappa shape index (κ1) is 26.2. The number of benzene rings is 2. The number of anilines is 2. The average Bonchev–Trinajstić information content (AvgIpc) is 2.90. The Bertz CT molecular complexity index is 1550. The van der Waals surface area contributed by atoms with Crippen molar-refractivity contribution < 1.29 is 13.5 Å². The molecule has 8 heteroatoms. The van der Waals surface area contributed by atoms with E-state index in [9.17, 15) is 18.3 Å². The first-order chi connectivity index (χ1) is 17.8. The van der Waals surface area contributed by atoms with Gasteiger partial charge in [0, 0.05) is 35.4 Å². The van der Waals surface area contributed by atoms with Gasteiger partial charge in [-0.05, 0) is 62.6 Å². The minimum absolute atomic E-state index is 0.0754. The largest absolute Gasteiger partial charge is 0.504 e. The van der Waals surface area contributed by atoms with Gasteiger partial charge in [-0.25, -0.2) is 8.42 Å². The van der Waals surface area contributed by atoms with Gasteiger partial charge in [-0.15, -0.1) is 0 Å². The number of aryl methyl sites for hydroxylation is 2. The molecule has 2 aromatic heterocycles. The van der Waals surface area contributed by atoms with Crippen LogP contribution in [-0.2, 0) is 16.3 Å². The van der Waals surface area contributed by atoms with Crippen molar-refractivity contribution in [2.75, 3.05) is 11.4 Å². The Morgan fingerprint density at radius 1 is 0.973 bits per heavy atom. The smallest absolute Gasteiger partial charge is 0.271 e. The second-order valence-corrected chi connectivity index (χ2v) is 10.7. The summed E-state index contributed by atoms with van der Waals surface area (Å²) in [5, 5.41) is 11.4. The van der Waals surface area contributed by atoms with Crippen LogP contribution >= 0.6 is 0 Å². The maximum atomic E-state index is 13.7. The number of aromatic nitrogens is 2. The normalized spacial score (nSPS) is 11.4. The van der Waals surface area contributed by atoms with Crippen molar-refractivity contribution in [3.8, 4) is 16.9 Å². The molecule has 4 aromatic rings. The number of nitrogens with one attached hydrogen (secondary N) is 1. The summed E-state index contributed by atoms with van der Waals surface area (Å²) in [6, 6.07) is 19.4. The maximum Gasteiger partial charge on any atom is 0.271 e. The number of aromatic amines is 1. The molecule has 0 radical (unpaired) electrons. The summed E-state index contributed by atoms with van der Waals surface area (Å²) in [7, 11) is -4.33. The number of nitrogens with zero attached hydrogens (tertiary/aromatic N) is 2. The Hall–Kier alpha value is -3.91. The third-order valence-corrected chi connectivity index (χ3v) is 8.19. The van der Waals surface area contributed by atoms with E-state index in [-0.39, 0.29) is 4.90 Å². The molecule has 7 nitrogen and oxygen atoms in total. The highest BCUT2D eigenvalue weighted by Gasteiger charge is 2.31. The van der Waals surface area contributed by atoms with Crippen LogP contribution in [0.2, 0.25) is 0 Å². The van der Waals surface area contributed by atoms with E-state index in [4.69, 9.17) is 0 Å². The molecule has 0 amide bonds. The molecule has 2 N–H and O–H groups in total. The molecule has 0 aliphatic carbocycles. The fourth-order valence-corrected chi connectivity index (χ4v) is 5.86. The standard InChI is InChI=1S/C29H31N3O4S/c1-4-6-14-25-26(32(5-2)22-11-8-7-9-12-22)27(33)28(29(34)31-25)37(35,36)23-17-15-21(16-18-23)24-13-10-19-30-20(24)3/h7-13,15-19H,4-6,14H2,1-3H3,(H2,31,33,34). The second-order valence-electron chi connectivity index (χ2n) is 8.81. The van der Waals surface area contributed by atoms with E-state index in [0.717, 1.165) is 35.3 Å². The summed E-state index contributed by atoms with van der Waals surface area (Å²) in [6.07, 6.45) is 3.85. The van der Waals surface area contributed by atoms with Gasteiger partial charge in [0.2, 0.25) is 9.84 Å². The Balaban J connectivity index is 1.86. The predicted molar refractivity (Wildman–Crippen MR) is 146 cm³/mol. The van der Waals surface area contributed by atoms with Crippen LogP contribution in [0.4, 0.5) is 11.4 Å². The maximum absolute atomic E-state index is 13.7. The predicted octanol–water partition coefficient (Wildman–Crippen LogP) is 5.78. The number of pyridine rings is 2. The van der Waals surface area contributed by atoms with Crippen molar-refractivity contribution in [1.29, 1.82) is 0 Å². The van der Waals surface area contributed by atoms with Crippen molar-refractivity contribution in [1.82, 2.24) is 9.97 Å². The molecule has 2 heterocycles. The van der Waals surface area contributed by atoms with Gasteiger partial charge in [0.1, 0.15) is 5.69 Å². The molecule has 0 saturated carbocycles. The van der Waals surface area contributed by atoms with E-state index in [1.165, 1.54) is 12.1 Å². The lowest BCUT2D eigenvalue weighted by molar-refractivity contribution is 0.454. The molecular formula is C29H31N3O4S. The zero-order valence-electron chi connectivity index (χ0n) is 21.2. The third-order valence-electron chi connectivity index (χ3n) is 6.38. The average molecular weight is 518 g/mol. The topological polar surface area (TPSA) is 103 Å². The van der Waals surface area contributed by atoms with Crippen LogP contribution < -0.4 is 10.5 Å². The van der Waals surface area contributed by atoms with Crippen LogP contribution in [0.15, 0.2) is 87.5 Å². The van der Waals surface area contributed by atoms with E-state index in [2.05, 4.69) is 9.97 Å². The molecule has 192 valence electrons. The molecule has 0 fully saturated rings. The van der Waals surface area contributed by atoms with Gasteiger partial charge < -0.3 is 15.0 Å². The van der Waals surface area contributed by atoms with Crippen LogP contribution in [0.5, 0.6) is 5.75 Å². The fraction of sp³-hybridized carbons (Fsp3) is 0.241. The van der Waals surface area contributed by atoms with Crippen LogP contribution in [0.25, 0.3) is 11.1 Å². The van der Waals surface area contributed by atoms with Crippen molar-refractivity contribution >= 4 is 21.2 Å². The van der Waals surface area contributed by atoms with Gasteiger partial charge in [-0.2, -0.15) is 0 Å². The van der Waals surface area contributed by atoms with Gasteiger partial charge in [-0.1, -0.05) is 49.7 Å². The minimum atomic E-state index is -4.33. The monoisotopic (exact) mass is 517 g/mol. The molecule has 4 rings (SSSR count). The van der Waals surface area contributed by atoms with Gasteiger partial charge in [-0.3, -0.25) is 9.78 Å². The zero-order chi connectivity index (χ0) is 26.6. The van der Waals surface area contributed by atoms with Gasteiger partial charge in [0.25, 0.3) is 5.56 Å². The highest BCUT2D eigenvalue weighted by Crippen LogP contribution is 2.40. The van der Waals surface area contributed by atoms with Crippen molar-refractivity contribution in [3.05, 3.63) is 94.7 Å². The number of para-hydroxylation sites is 1. The molecular weight excluding hydrogens is 486 g/mol. The summed E-state index contributed by atoms with van der Waals surface area (Å²) in [6.45, 7) is 6.28. The summed E-state index contributed by atoms with van der Waals surface area (Å²) in [5.41, 5.74) is 3.28. The first-order valence-electron chi connectivity index (χ1n) is 12.4. The Morgan fingerprint density at radius 2 is 1.68 bits per heavy atom. The van der Waals surface area contributed by atoms with Crippen molar-refractivity contribution in [3.63, 3.8) is 0 Å². The molecule has 2 aromatic carbocycles. The molecule has 0 unspecified atom stereocenters. The third kappa shape index (κ3) is 5.15. The molecule has 0 aliphatic rings. The second kappa shape index (κ2) is 11.0. The van der Waals surface area contributed by atoms with E-state index in [0.29, 0.717) is 24.3 Å². The molecule has 0 spiro atoms. The number of unbranched alkanes of at least 4 members (excludes halogenated alkanes) is 1. The van der Waals surface area contributed by atoms with E-state index in [1.54, 1.807) is 18.3 Å². The lowest BCUT2D eigenvalue weighted by atomic mass is 10.1. The van der Waals surface area contributed by atoms with Crippen LogP contribution in [0.1, 0.15) is 38.1 Å². The van der Waals surface area contributed by atoms with Gasteiger partial charge in [0.05, 0.1) is 4.90 Å². The first-order valence-corrected chi connectivity index (χ1v) is 13.9. The summed E-state index contributed by atoms with van der Waals surface area (Å²) >= 11 is 0. The highest BCUT2D eigenvalue weighted by molar-refractivity contribution is 7.91. The number of rotatable bonds is 9. The summed E-state index contributed by atoms with van der Waals surface area (Å²) in [5.74, 6) is -0.535. The minimum Gasteiger partial charge on any atom is -0.504 e. The number of hydrogen-bond acceptors (Lipinski definition) is 6. The highest BCUT2D eigenvalue weighted by atomic mass is 32.2. The quantitative estimate of drug-likeness (QED) is 0.292. The zero-order valence-corrected chi connectivity index (χ0v) is 22.0. The van der Waals surface area contributed by atoms with Crippen molar-refractivity contribution in [2.24, 2.45) is 0 Å². The Morgan fingerprint density at radius 3 is 2.30 bits per heavy atom. The lowest BCUT2D eigenvalue weighted by Gasteiger charge is -2.27. The molecule has 0 bridgehead atoms. The van der Waals surface area contributed by atoms with E-state index < -0.39 is 26.0 Å². The summed E-state index contributed by atoms with van der Waals surface area (Å²) < 4.78 is 27.4. The van der Waals surface area contributed by atoms with Crippen LogP contribution in [0, 0.1) is 6.92 Å². The van der Waals surface area contributed by atoms with Crippen LogP contribution in [0.3, 0.4) is 0 Å². The summed E-state index contributed by atoms with van der Waals surface area (Å²) in [4.78, 5) is 21.3. The molecule has 37 heavy (non-hydrogen) atoms. The lowest BCUT2D eigenvalue weighted by Crippen LogP contribution is -2.25. The fourth-order valence-electron chi connectivity index (χ4n) is 4.48. The Kier molecular flexibility index (Phi) is 7.78.